The van der Waals surface area contributed by atoms with Crippen LogP contribution in [0.15, 0.2) is 18.3 Å². The molecule has 6 nitrogen and oxygen atoms in total. The van der Waals surface area contributed by atoms with Crippen molar-refractivity contribution in [2.24, 2.45) is 5.92 Å². The third kappa shape index (κ3) is 4.34. The first-order valence-electron chi connectivity index (χ1n) is 10.00. The Bertz CT molecular complexity index is 835. The molecule has 1 N–H and O–H groups in total. The molecule has 2 aromatic heterocycles. The first-order valence-corrected chi connectivity index (χ1v) is 10.4. The second-order valence-corrected chi connectivity index (χ2v) is 8.71. The van der Waals surface area contributed by atoms with Gasteiger partial charge in [-0.25, -0.2) is 9.31 Å². The van der Waals surface area contributed by atoms with Gasteiger partial charge in [0.2, 0.25) is 0 Å². The van der Waals surface area contributed by atoms with E-state index in [1.54, 1.807) is 23.7 Å². The number of aliphatic hydroxyl groups is 1. The summed E-state index contributed by atoms with van der Waals surface area (Å²) in [6, 6.07) is 3.66. The topological polar surface area (TPSA) is 67.1 Å². The van der Waals surface area contributed by atoms with Gasteiger partial charge in [0.05, 0.1) is 28.4 Å². The van der Waals surface area contributed by atoms with E-state index in [4.69, 9.17) is 16.3 Å². The van der Waals surface area contributed by atoms with Crippen molar-refractivity contribution in [3.05, 3.63) is 34.6 Å². The molecule has 0 bridgehead atoms. The fraction of sp³-hybridized carbons (Fsp3) is 0.619. The largest absolute Gasteiger partial charge is 0.462 e. The van der Waals surface area contributed by atoms with Crippen molar-refractivity contribution >= 4 is 23.1 Å². The highest BCUT2D eigenvalue weighted by Gasteiger charge is 2.33. The minimum atomic E-state index is -0.683. The molecular weight excluding hydrogens is 378 g/mol. The molecule has 1 atom stereocenters. The fourth-order valence-corrected chi connectivity index (χ4v) is 4.68. The van der Waals surface area contributed by atoms with E-state index >= 15 is 0 Å². The van der Waals surface area contributed by atoms with Crippen molar-refractivity contribution in [2.75, 3.05) is 26.2 Å². The van der Waals surface area contributed by atoms with Gasteiger partial charge in [-0.3, -0.25) is 0 Å². The van der Waals surface area contributed by atoms with Crippen LogP contribution in [0.5, 0.6) is 0 Å². The standard InChI is InChI=1S/C21H30ClN3O3/c1-5-28-20(26)17-16-7-6-10-23-25(16)19(18(17)22)14(2)15-8-11-24(12-9-15)13-21(3,4)27/h6-7,10,14-15,27H,5,8-9,11-13H2,1-4H3. The van der Waals surface area contributed by atoms with E-state index in [0.29, 0.717) is 35.2 Å². The maximum Gasteiger partial charge on any atom is 0.341 e. The molecule has 2 aromatic rings. The van der Waals surface area contributed by atoms with Gasteiger partial charge in [-0.2, -0.15) is 5.10 Å². The number of piperidine rings is 1. The number of carbonyl (C=O) groups is 1. The van der Waals surface area contributed by atoms with Crippen LogP contribution in [0.2, 0.25) is 5.02 Å². The number of carbonyl (C=O) groups excluding carboxylic acids is 1. The number of ether oxygens (including phenoxy) is 1. The number of fused-ring (bicyclic) bond motifs is 1. The average Bonchev–Trinajstić information content (AvgIpc) is 2.92. The lowest BCUT2D eigenvalue weighted by molar-refractivity contribution is 0.0229. The normalized spacial score (nSPS) is 17.8. The van der Waals surface area contributed by atoms with Crippen LogP contribution in [-0.2, 0) is 4.74 Å². The van der Waals surface area contributed by atoms with E-state index in [0.717, 1.165) is 31.6 Å². The van der Waals surface area contributed by atoms with Crippen molar-refractivity contribution in [1.29, 1.82) is 0 Å². The van der Waals surface area contributed by atoms with E-state index in [1.165, 1.54) is 0 Å². The Morgan fingerprint density at radius 1 is 1.43 bits per heavy atom. The van der Waals surface area contributed by atoms with E-state index < -0.39 is 11.6 Å². The summed E-state index contributed by atoms with van der Waals surface area (Å²) in [5, 5.41) is 15.0. The van der Waals surface area contributed by atoms with Crippen molar-refractivity contribution in [1.82, 2.24) is 14.5 Å². The Labute approximate surface area is 171 Å². The van der Waals surface area contributed by atoms with Gasteiger partial charge in [-0.1, -0.05) is 18.5 Å². The molecule has 0 amide bonds. The highest BCUT2D eigenvalue weighted by molar-refractivity contribution is 6.35. The second-order valence-electron chi connectivity index (χ2n) is 8.33. The number of aromatic nitrogens is 2. The van der Waals surface area contributed by atoms with Crippen LogP contribution in [0.25, 0.3) is 5.52 Å². The van der Waals surface area contributed by atoms with Gasteiger partial charge in [-0.05, 0) is 64.8 Å². The van der Waals surface area contributed by atoms with Crippen molar-refractivity contribution in [3.8, 4) is 0 Å². The molecule has 1 aliphatic heterocycles. The molecule has 0 aliphatic carbocycles. The molecule has 1 aliphatic rings. The molecule has 154 valence electrons. The molecule has 0 aromatic carbocycles. The van der Waals surface area contributed by atoms with Crippen molar-refractivity contribution < 1.29 is 14.6 Å². The van der Waals surface area contributed by atoms with Crippen LogP contribution < -0.4 is 0 Å². The van der Waals surface area contributed by atoms with Crippen LogP contribution in [0, 0.1) is 5.92 Å². The highest BCUT2D eigenvalue weighted by atomic mass is 35.5. The van der Waals surface area contributed by atoms with Crippen LogP contribution in [0.1, 0.15) is 62.5 Å². The molecule has 28 heavy (non-hydrogen) atoms. The second kappa shape index (κ2) is 8.39. The number of nitrogens with zero attached hydrogens (tertiary/aromatic N) is 3. The van der Waals surface area contributed by atoms with Gasteiger partial charge >= 0.3 is 5.97 Å². The Balaban J connectivity index is 1.86. The lowest BCUT2D eigenvalue weighted by atomic mass is 9.83. The Morgan fingerprint density at radius 2 is 2.11 bits per heavy atom. The lowest BCUT2D eigenvalue weighted by Crippen LogP contribution is -2.43. The summed E-state index contributed by atoms with van der Waals surface area (Å²) in [6.45, 7) is 10.5. The third-order valence-electron chi connectivity index (χ3n) is 5.54. The first-order chi connectivity index (χ1) is 13.2. The quantitative estimate of drug-likeness (QED) is 0.738. The average molecular weight is 408 g/mol. The van der Waals surface area contributed by atoms with Gasteiger partial charge in [0.1, 0.15) is 5.56 Å². The maximum atomic E-state index is 12.5. The SMILES string of the molecule is CCOC(=O)c1c(Cl)c(C(C)C2CCN(CC(C)(C)O)CC2)n2ncccc12. The Hall–Kier alpha value is -1.63. The summed E-state index contributed by atoms with van der Waals surface area (Å²) in [4.78, 5) is 14.8. The summed E-state index contributed by atoms with van der Waals surface area (Å²) in [7, 11) is 0. The molecule has 0 spiro atoms. The predicted molar refractivity (Wildman–Crippen MR) is 110 cm³/mol. The van der Waals surface area contributed by atoms with Gasteiger partial charge in [0.15, 0.2) is 0 Å². The summed E-state index contributed by atoms with van der Waals surface area (Å²) in [5.74, 6) is 0.185. The minimum Gasteiger partial charge on any atom is -0.462 e. The van der Waals surface area contributed by atoms with Gasteiger partial charge < -0.3 is 14.7 Å². The van der Waals surface area contributed by atoms with Crippen LogP contribution in [0.3, 0.4) is 0 Å². The molecule has 0 radical (unpaired) electrons. The molecular formula is C21H30ClN3O3. The summed E-state index contributed by atoms with van der Waals surface area (Å²) in [6.07, 6.45) is 3.74. The molecule has 1 fully saturated rings. The van der Waals surface area contributed by atoms with E-state index in [9.17, 15) is 9.90 Å². The molecule has 3 heterocycles. The zero-order valence-corrected chi connectivity index (χ0v) is 17.9. The number of likely N-dealkylation sites (tertiary alicyclic amines) is 1. The van der Waals surface area contributed by atoms with Crippen molar-refractivity contribution in [2.45, 2.75) is 52.1 Å². The number of hydrogen-bond donors (Lipinski definition) is 1. The van der Waals surface area contributed by atoms with Crippen LogP contribution in [-0.4, -0.2) is 57.4 Å². The number of halogens is 1. The highest BCUT2D eigenvalue weighted by Crippen LogP contribution is 2.39. The van der Waals surface area contributed by atoms with Gasteiger partial charge in [0, 0.05) is 18.7 Å². The first kappa shape index (κ1) is 21.1. The minimum absolute atomic E-state index is 0.155. The molecule has 1 saturated heterocycles. The summed E-state index contributed by atoms with van der Waals surface area (Å²) >= 11 is 6.71. The van der Waals surface area contributed by atoms with Crippen LogP contribution >= 0.6 is 11.6 Å². The fourth-order valence-electron chi connectivity index (χ4n) is 4.26. The monoisotopic (exact) mass is 407 g/mol. The van der Waals surface area contributed by atoms with E-state index in [1.807, 2.05) is 19.9 Å². The zero-order valence-electron chi connectivity index (χ0n) is 17.1. The lowest BCUT2D eigenvalue weighted by Gasteiger charge is -2.37. The smallest absolute Gasteiger partial charge is 0.341 e. The summed E-state index contributed by atoms with van der Waals surface area (Å²) < 4.78 is 7.02. The number of β-amino-alcohol motifs (C(OH)–C–C–N with tert-alkyl or cyclic N) is 1. The maximum absolute atomic E-state index is 12.5. The van der Waals surface area contributed by atoms with E-state index in [-0.39, 0.29) is 5.92 Å². The number of hydrogen-bond acceptors (Lipinski definition) is 5. The van der Waals surface area contributed by atoms with E-state index in [2.05, 4.69) is 16.9 Å². The molecule has 0 saturated carbocycles. The predicted octanol–water partition coefficient (Wildman–Crippen LogP) is 3.75. The number of esters is 1. The number of rotatable bonds is 6. The molecule has 7 heteroatoms. The Kier molecular flexibility index (Phi) is 6.32. The Morgan fingerprint density at radius 3 is 2.71 bits per heavy atom. The molecule has 1 unspecified atom stereocenters. The van der Waals surface area contributed by atoms with Gasteiger partial charge in [0.25, 0.3) is 0 Å². The zero-order chi connectivity index (χ0) is 20.5. The van der Waals surface area contributed by atoms with Gasteiger partial charge in [-0.15, -0.1) is 0 Å². The summed E-state index contributed by atoms with van der Waals surface area (Å²) in [5.41, 5.74) is 1.28. The third-order valence-corrected chi connectivity index (χ3v) is 5.92. The van der Waals surface area contributed by atoms with Crippen LogP contribution in [0.4, 0.5) is 0 Å². The molecule has 3 rings (SSSR count). The van der Waals surface area contributed by atoms with Crippen molar-refractivity contribution in [3.63, 3.8) is 0 Å².